The summed E-state index contributed by atoms with van der Waals surface area (Å²) in [7, 11) is 0. The molecule has 0 bridgehead atoms. The number of rotatable bonds is 4. The average molecular weight is 161 g/mol. The molecule has 1 aromatic rings. The predicted octanol–water partition coefficient (Wildman–Crippen LogP) is 2.98. The maximum absolute atomic E-state index is 5.32. The molecule has 1 aromatic carbocycles. The van der Waals surface area contributed by atoms with Gasteiger partial charge < -0.3 is 4.74 Å². The quantitative estimate of drug-likeness (QED) is 0.617. The highest BCUT2D eigenvalue weighted by Crippen LogP contribution is 2.18. The van der Waals surface area contributed by atoms with Crippen molar-refractivity contribution in [3.05, 3.63) is 49.1 Å². The van der Waals surface area contributed by atoms with Gasteiger partial charge in [0.1, 0.15) is 12.4 Å². The molecule has 0 saturated carbocycles. The van der Waals surface area contributed by atoms with Gasteiger partial charge >= 0.3 is 0 Å². The lowest BCUT2D eigenvalue weighted by Crippen LogP contribution is -1.90. The van der Waals surface area contributed by atoms with Gasteiger partial charge in [-0.1, -0.05) is 24.3 Å². The largest absolute Gasteiger partial charge is 0.487 e. The van der Waals surface area contributed by atoms with Crippen molar-refractivity contribution >= 4 is 0 Å². The molecule has 0 atom stereocenters. The van der Waals surface area contributed by atoms with Gasteiger partial charge in [0.2, 0.25) is 0 Å². The van der Waals surface area contributed by atoms with Crippen LogP contribution in [-0.4, -0.2) is 0 Å². The molecule has 1 rings (SSSR count). The number of hydrogen-bond acceptors (Lipinski definition) is 1. The van der Waals surface area contributed by atoms with Crippen LogP contribution >= 0.6 is 0 Å². The van der Waals surface area contributed by atoms with Gasteiger partial charge in [0.15, 0.2) is 0 Å². The van der Waals surface area contributed by atoms with Crippen LogP contribution in [0.15, 0.2) is 36.9 Å². The Morgan fingerprint density at radius 2 is 2.17 bits per heavy atom. The van der Waals surface area contributed by atoms with E-state index in [1.165, 1.54) is 5.56 Å². The van der Waals surface area contributed by atoms with E-state index in [-0.39, 0.29) is 0 Å². The fourth-order valence-corrected chi connectivity index (χ4v) is 1.07. The number of hydrogen-bond donors (Lipinski definition) is 0. The van der Waals surface area contributed by atoms with E-state index < -0.39 is 0 Å². The van der Waals surface area contributed by atoms with Crippen molar-refractivity contribution in [2.24, 2.45) is 0 Å². The summed E-state index contributed by atoms with van der Waals surface area (Å²) in [6.45, 7) is 7.24. The molecule has 1 radical (unpaired) electrons. The van der Waals surface area contributed by atoms with E-state index >= 15 is 0 Å². The van der Waals surface area contributed by atoms with E-state index in [9.17, 15) is 0 Å². The summed E-state index contributed by atoms with van der Waals surface area (Å²) in [5, 5.41) is 0. The second-order valence-corrected chi connectivity index (χ2v) is 2.45. The van der Waals surface area contributed by atoms with Gasteiger partial charge in [-0.3, -0.25) is 0 Å². The molecule has 0 aliphatic heterocycles. The van der Waals surface area contributed by atoms with Crippen LogP contribution in [0.3, 0.4) is 0 Å². The normalized spacial score (nSPS) is 9.42. The Balaban J connectivity index is 2.83. The molecule has 0 unspecified atom stereocenters. The zero-order valence-electron chi connectivity index (χ0n) is 7.29. The van der Waals surface area contributed by atoms with Crippen molar-refractivity contribution in [3.63, 3.8) is 0 Å². The lowest BCUT2D eigenvalue weighted by atomic mass is 10.1. The fourth-order valence-electron chi connectivity index (χ4n) is 1.07. The molecule has 0 aliphatic carbocycles. The third-order valence-corrected chi connectivity index (χ3v) is 1.58. The first-order valence-corrected chi connectivity index (χ1v) is 4.01. The van der Waals surface area contributed by atoms with Crippen LogP contribution in [0.5, 0.6) is 5.75 Å². The lowest BCUT2D eigenvalue weighted by molar-refractivity contribution is 0.412. The zero-order valence-corrected chi connectivity index (χ0v) is 7.29. The third kappa shape index (κ3) is 2.12. The summed E-state index contributed by atoms with van der Waals surface area (Å²) in [5.41, 5.74) is 1.17. The first kappa shape index (κ1) is 8.85. The third-order valence-electron chi connectivity index (χ3n) is 1.58. The second-order valence-electron chi connectivity index (χ2n) is 2.45. The summed E-state index contributed by atoms with van der Waals surface area (Å²) < 4.78 is 5.32. The maximum atomic E-state index is 5.32. The van der Waals surface area contributed by atoms with Crippen molar-refractivity contribution in [1.82, 2.24) is 0 Å². The molecule has 1 nitrogen and oxygen atoms in total. The minimum atomic E-state index is 0.851. The van der Waals surface area contributed by atoms with Crippen molar-refractivity contribution < 1.29 is 4.74 Å². The first-order chi connectivity index (χ1) is 5.88. The minimum Gasteiger partial charge on any atom is -0.487 e. The van der Waals surface area contributed by atoms with Gasteiger partial charge in [-0.05, 0) is 25.0 Å². The van der Waals surface area contributed by atoms with Crippen LogP contribution < -0.4 is 4.74 Å². The molecule has 0 aliphatic rings. The van der Waals surface area contributed by atoms with Gasteiger partial charge in [0.05, 0.1) is 0 Å². The summed E-state index contributed by atoms with van der Waals surface area (Å²) in [6, 6.07) is 7.96. The summed E-state index contributed by atoms with van der Waals surface area (Å²) in [5.74, 6) is 0.917. The standard InChI is InChI=1S/C11H13O/c1-3-7-10-8-5-6-9-11(10)12-4-2/h3-6,8-9H,1,7H2,2H3. The Morgan fingerprint density at radius 1 is 1.42 bits per heavy atom. The van der Waals surface area contributed by atoms with E-state index in [1.807, 2.05) is 37.3 Å². The van der Waals surface area contributed by atoms with Crippen LogP contribution in [0.25, 0.3) is 0 Å². The van der Waals surface area contributed by atoms with Gasteiger partial charge in [-0.15, -0.1) is 6.58 Å². The zero-order chi connectivity index (χ0) is 8.81. The van der Waals surface area contributed by atoms with Crippen molar-refractivity contribution in [2.45, 2.75) is 13.3 Å². The first-order valence-electron chi connectivity index (χ1n) is 4.01. The Kier molecular flexibility index (Phi) is 3.39. The molecule has 0 aromatic heterocycles. The number of ether oxygens (including phenoxy) is 1. The highest BCUT2D eigenvalue weighted by atomic mass is 16.5. The molecule has 63 valence electrons. The second kappa shape index (κ2) is 4.60. The van der Waals surface area contributed by atoms with Crippen molar-refractivity contribution in [3.8, 4) is 5.75 Å². The van der Waals surface area contributed by atoms with Crippen molar-refractivity contribution in [2.75, 3.05) is 0 Å². The molecular formula is C11H13O. The van der Waals surface area contributed by atoms with Crippen LogP contribution in [0.1, 0.15) is 12.5 Å². The maximum Gasteiger partial charge on any atom is 0.132 e. The highest BCUT2D eigenvalue weighted by Gasteiger charge is 1.98. The molecule has 0 heterocycles. The molecule has 0 N–H and O–H groups in total. The molecule has 0 fully saturated rings. The molecule has 12 heavy (non-hydrogen) atoms. The smallest absolute Gasteiger partial charge is 0.132 e. The van der Waals surface area contributed by atoms with Crippen LogP contribution in [0, 0.1) is 6.61 Å². The van der Waals surface area contributed by atoms with Crippen molar-refractivity contribution in [1.29, 1.82) is 0 Å². The van der Waals surface area contributed by atoms with Crippen LogP contribution in [0.2, 0.25) is 0 Å². The van der Waals surface area contributed by atoms with Crippen LogP contribution in [-0.2, 0) is 6.42 Å². The summed E-state index contributed by atoms with van der Waals surface area (Å²) in [4.78, 5) is 0. The highest BCUT2D eigenvalue weighted by molar-refractivity contribution is 5.34. The van der Waals surface area contributed by atoms with E-state index in [1.54, 1.807) is 6.61 Å². The van der Waals surface area contributed by atoms with Gasteiger partial charge in [-0.2, -0.15) is 0 Å². The summed E-state index contributed by atoms with van der Waals surface area (Å²) in [6.07, 6.45) is 2.72. The molecule has 0 spiro atoms. The molecular weight excluding hydrogens is 148 g/mol. The van der Waals surface area contributed by atoms with E-state index in [2.05, 4.69) is 6.58 Å². The van der Waals surface area contributed by atoms with Gasteiger partial charge in [-0.25, -0.2) is 0 Å². The Labute approximate surface area is 73.7 Å². The van der Waals surface area contributed by atoms with E-state index in [4.69, 9.17) is 4.74 Å². The minimum absolute atomic E-state index is 0.851. The van der Waals surface area contributed by atoms with Gasteiger partial charge in [0, 0.05) is 0 Å². The number of benzene rings is 1. The lowest BCUT2D eigenvalue weighted by Gasteiger charge is -2.06. The monoisotopic (exact) mass is 161 g/mol. The van der Waals surface area contributed by atoms with Crippen LogP contribution in [0.4, 0.5) is 0 Å². The Bertz CT molecular complexity index is 253. The summed E-state index contributed by atoms with van der Waals surface area (Å²) >= 11 is 0. The Morgan fingerprint density at radius 3 is 2.83 bits per heavy atom. The predicted molar refractivity (Wildman–Crippen MR) is 50.9 cm³/mol. The average Bonchev–Trinajstić information content (AvgIpc) is 2.09. The number of para-hydroxylation sites is 1. The number of allylic oxidation sites excluding steroid dienone is 1. The van der Waals surface area contributed by atoms with E-state index in [0.717, 1.165) is 12.2 Å². The fraction of sp³-hybridized carbons (Fsp3) is 0.182. The SMILES string of the molecule is C=CCc1ccccc1O[CH]C. The molecule has 0 saturated heterocycles. The van der Waals surface area contributed by atoms with E-state index in [0.29, 0.717) is 0 Å². The Hall–Kier alpha value is -1.24. The topological polar surface area (TPSA) is 9.23 Å². The molecule has 0 amide bonds. The van der Waals surface area contributed by atoms with Gasteiger partial charge in [0.25, 0.3) is 0 Å². The molecule has 1 heteroatoms.